The van der Waals surface area contributed by atoms with Gasteiger partial charge in [-0.1, -0.05) is 0 Å². The summed E-state index contributed by atoms with van der Waals surface area (Å²) in [6.07, 6.45) is 3.61. The first-order valence-corrected chi connectivity index (χ1v) is 6.16. The highest BCUT2D eigenvalue weighted by atomic mass is 32.1. The molecule has 0 amide bonds. The van der Waals surface area contributed by atoms with Crippen LogP contribution in [0.4, 0.5) is 0 Å². The fourth-order valence-corrected chi connectivity index (χ4v) is 2.73. The topological polar surface area (TPSA) is 52.0 Å². The van der Waals surface area contributed by atoms with Crippen molar-refractivity contribution in [3.63, 3.8) is 0 Å². The number of hydrogen-bond acceptors (Lipinski definition) is 5. The van der Waals surface area contributed by atoms with E-state index in [1.165, 1.54) is 4.88 Å². The molecule has 2 aromatic rings. The molecule has 0 saturated heterocycles. The number of aromatic nitrogens is 3. The van der Waals surface area contributed by atoms with Crippen LogP contribution in [0, 0.1) is 0 Å². The number of rotatable bonds is 5. The van der Waals surface area contributed by atoms with Gasteiger partial charge in [0, 0.05) is 25.6 Å². The van der Waals surface area contributed by atoms with Crippen molar-refractivity contribution in [2.24, 2.45) is 7.05 Å². The first-order valence-electron chi connectivity index (χ1n) is 5.35. The number of hydrogen-bond donors (Lipinski definition) is 1. The Morgan fingerprint density at radius 1 is 1.53 bits per heavy atom. The van der Waals surface area contributed by atoms with Gasteiger partial charge in [-0.3, -0.25) is 0 Å². The minimum absolute atomic E-state index is 0.547. The van der Waals surface area contributed by atoms with Crippen molar-refractivity contribution in [3.8, 4) is 10.7 Å². The third kappa shape index (κ3) is 2.54. The van der Waals surface area contributed by atoms with Crippen LogP contribution in [0.25, 0.3) is 10.7 Å². The van der Waals surface area contributed by atoms with E-state index in [1.54, 1.807) is 24.8 Å². The second-order valence-corrected chi connectivity index (χ2v) is 4.83. The number of aryl methyl sites for hydroxylation is 1. The van der Waals surface area contributed by atoms with Crippen LogP contribution in [0.5, 0.6) is 0 Å². The lowest BCUT2D eigenvalue weighted by Crippen LogP contribution is -2.06. The van der Waals surface area contributed by atoms with Gasteiger partial charge in [0.15, 0.2) is 0 Å². The summed E-state index contributed by atoms with van der Waals surface area (Å²) < 4.78 is 7.14. The predicted octanol–water partition coefficient (Wildman–Crippen LogP) is 1.41. The predicted molar refractivity (Wildman–Crippen MR) is 67.8 cm³/mol. The summed E-state index contributed by atoms with van der Waals surface area (Å²) in [5, 5.41) is 4.14. The smallest absolute Gasteiger partial charge is 0.142 e. The molecule has 0 radical (unpaired) electrons. The molecule has 0 unspecified atom stereocenters. The minimum Gasteiger partial charge on any atom is -0.378 e. The lowest BCUT2D eigenvalue weighted by atomic mass is 10.3. The Balaban J connectivity index is 2.36. The number of ether oxygens (including phenoxy) is 1. The van der Waals surface area contributed by atoms with E-state index in [0.717, 1.165) is 22.9 Å². The fourth-order valence-electron chi connectivity index (χ4n) is 1.60. The maximum Gasteiger partial charge on any atom is 0.142 e. The fraction of sp³-hybridized carbons (Fsp3) is 0.455. The summed E-state index contributed by atoms with van der Waals surface area (Å²) in [4.78, 5) is 9.94. The zero-order chi connectivity index (χ0) is 12.3. The summed E-state index contributed by atoms with van der Waals surface area (Å²) in [6.45, 7) is 1.36. The van der Waals surface area contributed by atoms with Gasteiger partial charge in [-0.25, -0.2) is 9.97 Å². The van der Waals surface area contributed by atoms with E-state index in [0.29, 0.717) is 6.61 Å². The van der Waals surface area contributed by atoms with Crippen LogP contribution in [0.1, 0.15) is 10.6 Å². The molecule has 0 spiro atoms. The monoisotopic (exact) mass is 252 g/mol. The highest BCUT2D eigenvalue weighted by Crippen LogP contribution is 2.27. The number of methoxy groups -OCH3 is 1. The third-order valence-corrected chi connectivity index (χ3v) is 3.55. The molecule has 2 heterocycles. The van der Waals surface area contributed by atoms with Crippen molar-refractivity contribution in [1.29, 1.82) is 0 Å². The summed E-state index contributed by atoms with van der Waals surface area (Å²) in [7, 11) is 5.59. The Morgan fingerprint density at radius 3 is 2.94 bits per heavy atom. The maximum atomic E-state index is 5.17. The Kier molecular flexibility index (Phi) is 3.88. The molecule has 5 nitrogen and oxygen atoms in total. The van der Waals surface area contributed by atoms with Crippen molar-refractivity contribution >= 4 is 11.3 Å². The molecule has 2 aromatic heterocycles. The highest BCUT2D eigenvalue weighted by Gasteiger charge is 2.13. The molecule has 0 aliphatic rings. The molecule has 0 bridgehead atoms. The van der Waals surface area contributed by atoms with E-state index in [1.807, 2.05) is 24.9 Å². The Bertz CT molecular complexity index is 468. The first kappa shape index (κ1) is 12.2. The Morgan fingerprint density at radius 2 is 2.35 bits per heavy atom. The number of thiazole rings is 1. The van der Waals surface area contributed by atoms with Crippen LogP contribution in [-0.4, -0.2) is 28.7 Å². The van der Waals surface area contributed by atoms with Crippen LogP contribution < -0.4 is 5.32 Å². The van der Waals surface area contributed by atoms with Crippen molar-refractivity contribution in [2.45, 2.75) is 13.2 Å². The molecule has 0 aliphatic carbocycles. The summed E-state index contributed by atoms with van der Waals surface area (Å²) in [5.41, 5.74) is 2.04. The lowest BCUT2D eigenvalue weighted by molar-refractivity contribution is 0.181. The summed E-state index contributed by atoms with van der Waals surface area (Å²) >= 11 is 1.68. The van der Waals surface area contributed by atoms with Crippen molar-refractivity contribution in [2.75, 3.05) is 14.2 Å². The number of nitrogens with one attached hydrogen (secondary N) is 1. The van der Waals surface area contributed by atoms with Gasteiger partial charge in [0.25, 0.3) is 0 Å². The van der Waals surface area contributed by atoms with E-state index in [9.17, 15) is 0 Å². The van der Waals surface area contributed by atoms with E-state index < -0.39 is 0 Å². The molecule has 92 valence electrons. The molecule has 6 heteroatoms. The zero-order valence-electron chi connectivity index (χ0n) is 10.2. The largest absolute Gasteiger partial charge is 0.378 e. The van der Waals surface area contributed by atoms with Crippen LogP contribution in [0.15, 0.2) is 12.5 Å². The number of imidazole rings is 1. The van der Waals surface area contributed by atoms with Crippen LogP contribution in [0.3, 0.4) is 0 Å². The van der Waals surface area contributed by atoms with Gasteiger partial charge in [0.1, 0.15) is 5.01 Å². The molecule has 17 heavy (non-hydrogen) atoms. The highest BCUT2D eigenvalue weighted by molar-refractivity contribution is 7.15. The minimum atomic E-state index is 0.547. The van der Waals surface area contributed by atoms with E-state index in [4.69, 9.17) is 4.74 Å². The summed E-state index contributed by atoms with van der Waals surface area (Å²) in [5.74, 6) is 0. The van der Waals surface area contributed by atoms with Crippen LogP contribution in [-0.2, 0) is 24.9 Å². The Labute approximate surface area is 104 Å². The van der Waals surface area contributed by atoms with Gasteiger partial charge in [-0.05, 0) is 7.05 Å². The molecule has 0 saturated carbocycles. The van der Waals surface area contributed by atoms with Crippen molar-refractivity contribution in [1.82, 2.24) is 19.9 Å². The summed E-state index contributed by atoms with van der Waals surface area (Å²) in [6, 6.07) is 0. The number of nitrogens with zero attached hydrogens (tertiary/aromatic N) is 3. The third-order valence-electron chi connectivity index (χ3n) is 2.43. The van der Waals surface area contributed by atoms with Gasteiger partial charge in [-0.15, -0.1) is 11.3 Å². The lowest BCUT2D eigenvalue weighted by Gasteiger charge is -1.98. The van der Waals surface area contributed by atoms with Crippen LogP contribution in [0.2, 0.25) is 0 Å². The van der Waals surface area contributed by atoms with Gasteiger partial charge in [0.2, 0.25) is 0 Å². The SMILES string of the molecule is CNCc1sc(-c2cncn2C)nc1COC. The Hall–Kier alpha value is -1.24. The second-order valence-electron chi connectivity index (χ2n) is 3.74. The normalized spacial score (nSPS) is 11.0. The average Bonchev–Trinajstić information content (AvgIpc) is 2.87. The molecule has 1 N–H and O–H groups in total. The van der Waals surface area contributed by atoms with Crippen molar-refractivity contribution in [3.05, 3.63) is 23.1 Å². The molecule has 0 aliphatic heterocycles. The molecule has 2 rings (SSSR count). The first-order chi connectivity index (χ1) is 8.26. The van der Waals surface area contributed by atoms with E-state index in [2.05, 4.69) is 15.3 Å². The molecular formula is C11H16N4OS. The van der Waals surface area contributed by atoms with Gasteiger partial charge >= 0.3 is 0 Å². The molecule has 0 fully saturated rings. The zero-order valence-corrected chi connectivity index (χ0v) is 11.0. The maximum absolute atomic E-state index is 5.17. The van der Waals surface area contributed by atoms with E-state index in [-0.39, 0.29) is 0 Å². The average molecular weight is 252 g/mol. The standard InChI is InChI=1S/C11H16N4OS/c1-12-5-10-8(6-16-3)14-11(17-10)9-4-13-7-15(9)2/h4,7,12H,5-6H2,1-3H3. The van der Waals surface area contributed by atoms with Gasteiger partial charge < -0.3 is 14.6 Å². The van der Waals surface area contributed by atoms with Gasteiger partial charge in [-0.2, -0.15) is 0 Å². The molecule has 0 atom stereocenters. The van der Waals surface area contributed by atoms with Crippen LogP contribution >= 0.6 is 11.3 Å². The molecule has 0 aromatic carbocycles. The molecular weight excluding hydrogens is 236 g/mol. The van der Waals surface area contributed by atoms with Gasteiger partial charge in [0.05, 0.1) is 30.5 Å². The quantitative estimate of drug-likeness (QED) is 0.874. The second kappa shape index (κ2) is 5.39. The van der Waals surface area contributed by atoms with Crippen molar-refractivity contribution < 1.29 is 4.74 Å². The van der Waals surface area contributed by atoms with E-state index >= 15 is 0 Å².